The van der Waals surface area contributed by atoms with Crippen molar-refractivity contribution in [3.05, 3.63) is 0 Å². The molecule has 1 fully saturated rings. The Morgan fingerprint density at radius 2 is 1.93 bits per heavy atom. The molecule has 0 saturated carbocycles. The van der Waals surface area contributed by atoms with Crippen LogP contribution in [-0.4, -0.2) is 31.8 Å². The summed E-state index contributed by atoms with van der Waals surface area (Å²) in [5.74, 6) is 1.48. The van der Waals surface area contributed by atoms with Crippen molar-refractivity contribution >= 4 is 0 Å². The Hall–Kier alpha value is -0.120. The molecule has 3 unspecified atom stereocenters. The van der Waals surface area contributed by atoms with E-state index in [0.717, 1.165) is 37.8 Å². The van der Waals surface area contributed by atoms with Gasteiger partial charge in [0, 0.05) is 13.1 Å². The fourth-order valence-corrected chi connectivity index (χ4v) is 1.81. The second-order valence-electron chi connectivity index (χ2n) is 5.07. The van der Waals surface area contributed by atoms with Crippen LogP contribution in [0.4, 0.5) is 0 Å². The molecule has 0 spiro atoms. The predicted octanol–water partition coefficient (Wildman–Crippen LogP) is 1.37. The lowest BCUT2D eigenvalue weighted by molar-refractivity contribution is 0.0498. The second kappa shape index (κ2) is 6.46. The number of hydrogen-bond donors (Lipinski definition) is 2. The Labute approximate surface area is 93.8 Å². The smallest absolute Gasteiger partial charge is 0.0704 e. The monoisotopic (exact) mass is 214 g/mol. The van der Waals surface area contributed by atoms with E-state index in [0.29, 0.717) is 18.8 Å². The Kier molecular flexibility index (Phi) is 5.58. The summed E-state index contributed by atoms with van der Waals surface area (Å²) >= 11 is 0. The fraction of sp³-hybridized carbons (Fsp3) is 1.00. The average Bonchev–Trinajstić information content (AvgIpc) is 2.65. The van der Waals surface area contributed by atoms with Crippen molar-refractivity contribution in [2.75, 3.05) is 19.6 Å². The average molecular weight is 214 g/mol. The van der Waals surface area contributed by atoms with Gasteiger partial charge in [-0.2, -0.15) is 0 Å². The van der Waals surface area contributed by atoms with Gasteiger partial charge in [0.05, 0.1) is 12.2 Å². The lowest BCUT2D eigenvalue weighted by atomic mass is 9.98. The van der Waals surface area contributed by atoms with Gasteiger partial charge in [0.25, 0.3) is 0 Å². The normalized spacial score (nSPS) is 28.6. The fourth-order valence-electron chi connectivity index (χ4n) is 1.81. The molecule has 15 heavy (non-hydrogen) atoms. The summed E-state index contributed by atoms with van der Waals surface area (Å²) < 4.78 is 5.77. The quantitative estimate of drug-likeness (QED) is 0.702. The molecule has 0 radical (unpaired) electrons. The molecule has 0 aromatic rings. The molecule has 0 bridgehead atoms. The highest BCUT2D eigenvalue weighted by molar-refractivity contribution is 4.76. The van der Waals surface area contributed by atoms with Crippen LogP contribution >= 0.6 is 0 Å². The molecule has 3 atom stereocenters. The molecular weight excluding hydrogens is 188 g/mol. The van der Waals surface area contributed by atoms with Gasteiger partial charge in [-0.3, -0.25) is 0 Å². The first-order valence-corrected chi connectivity index (χ1v) is 6.19. The zero-order valence-corrected chi connectivity index (χ0v) is 10.3. The highest BCUT2D eigenvalue weighted by atomic mass is 16.5. The highest BCUT2D eigenvalue weighted by Gasteiger charge is 2.23. The molecule has 0 aliphatic carbocycles. The Morgan fingerprint density at radius 1 is 1.27 bits per heavy atom. The summed E-state index contributed by atoms with van der Waals surface area (Å²) in [5, 5.41) is 3.49. The van der Waals surface area contributed by atoms with Crippen LogP contribution in [0.3, 0.4) is 0 Å². The lowest BCUT2D eigenvalue weighted by Gasteiger charge is -2.18. The van der Waals surface area contributed by atoms with Gasteiger partial charge in [-0.05, 0) is 31.2 Å². The number of nitrogens with two attached hydrogens (primary N) is 1. The van der Waals surface area contributed by atoms with Crippen LogP contribution in [0.15, 0.2) is 0 Å². The van der Waals surface area contributed by atoms with Crippen molar-refractivity contribution in [2.24, 2.45) is 17.6 Å². The topological polar surface area (TPSA) is 47.3 Å². The summed E-state index contributed by atoms with van der Waals surface area (Å²) in [6.07, 6.45) is 2.98. The van der Waals surface area contributed by atoms with E-state index >= 15 is 0 Å². The van der Waals surface area contributed by atoms with E-state index in [-0.39, 0.29) is 0 Å². The minimum atomic E-state index is 0.305. The van der Waals surface area contributed by atoms with E-state index < -0.39 is 0 Å². The van der Waals surface area contributed by atoms with E-state index in [1.807, 2.05) is 0 Å². The first-order valence-electron chi connectivity index (χ1n) is 6.19. The van der Waals surface area contributed by atoms with Crippen molar-refractivity contribution in [3.63, 3.8) is 0 Å². The van der Waals surface area contributed by atoms with Gasteiger partial charge in [-0.1, -0.05) is 20.8 Å². The molecule has 0 aromatic heterocycles. The first-order chi connectivity index (χ1) is 7.13. The molecule has 1 aliphatic heterocycles. The van der Waals surface area contributed by atoms with Gasteiger partial charge in [0.1, 0.15) is 0 Å². The van der Waals surface area contributed by atoms with Crippen molar-refractivity contribution in [2.45, 2.75) is 45.8 Å². The first kappa shape index (κ1) is 12.9. The predicted molar refractivity (Wildman–Crippen MR) is 63.8 cm³/mol. The molecule has 1 aliphatic rings. The molecular formula is C12H26N2O. The number of rotatable bonds is 6. The van der Waals surface area contributed by atoms with Crippen LogP contribution in [0.25, 0.3) is 0 Å². The van der Waals surface area contributed by atoms with Crippen LogP contribution in [-0.2, 0) is 4.74 Å². The zero-order valence-electron chi connectivity index (χ0n) is 10.3. The van der Waals surface area contributed by atoms with Crippen LogP contribution in [0.1, 0.15) is 33.6 Å². The van der Waals surface area contributed by atoms with E-state index in [4.69, 9.17) is 10.5 Å². The SMILES string of the molecule is CC(C)C(C)CNCC1CCC(CN)O1. The number of hydrogen-bond acceptors (Lipinski definition) is 3. The van der Waals surface area contributed by atoms with E-state index in [9.17, 15) is 0 Å². The highest BCUT2D eigenvalue weighted by Crippen LogP contribution is 2.18. The third-order valence-corrected chi connectivity index (χ3v) is 3.43. The Bertz CT molecular complexity index is 173. The molecule has 1 saturated heterocycles. The lowest BCUT2D eigenvalue weighted by Crippen LogP contribution is -2.32. The maximum atomic E-state index is 5.77. The van der Waals surface area contributed by atoms with E-state index in [2.05, 4.69) is 26.1 Å². The summed E-state index contributed by atoms with van der Waals surface area (Å²) in [5.41, 5.74) is 5.57. The second-order valence-corrected chi connectivity index (χ2v) is 5.07. The summed E-state index contributed by atoms with van der Waals surface area (Å²) in [6.45, 7) is 9.55. The van der Waals surface area contributed by atoms with E-state index in [1.165, 1.54) is 0 Å². The maximum Gasteiger partial charge on any atom is 0.0704 e. The summed E-state index contributed by atoms with van der Waals surface area (Å²) in [7, 11) is 0. The van der Waals surface area contributed by atoms with Crippen LogP contribution in [0.2, 0.25) is 0 Å². The standard InChI is InChI=1S/C12H26N2O/c1-9(2)10(3)7-14-8-12-5-4-11(6-13)15-12/h9-12,14H,4-8,13H2,1-3H3. The zero-order chi connectivity index (χ0) is 11.3. The molecule has 90 valence electrons. The van der Waals surface area contributed by atoms with Gasteiger partial charge in [0.2, 0.25) is 0 Å². The van der Waals surface area contributed by atoms with Crippen LogP contribution in [0, 0.1) is 11.8 Å². The minimum absolute atomic E-state index is 0.305. The van der Waals surface area contributed by atoms with E-state index in [1.54, 1.807) is 0 Å². The Balaban J connectivity index is 2.06. The van der Waals surface area contributed by atoms with Gasteiger partial charge >= 0.3 is 0 Å². The van der Waals surface area contributed by atoms with Crippen molar-refractivity contribution < 1.29 is 4.74 Å². The molecule has 3 N–H and O–H groups in total. The van der Waals surface area contributed by atoms with Crippen LogP contribution in [0.5, 0.6) is 0 Å². The van der Waals surface area contributed by atoms with Gasteiger partial charge in [-0.25, -0.2) is 0 Å². The molecule has 0 aromatic carbocycles. The third kappa shape index (κ3) is 4.49. The molecule has 1 rings (SSSR count). The van der Waals surface area contributed by atoms with Gasteiger partial charge in [0.15, 0.2) is 0 Å². The van der Waals surface area contributed by atoms with Crippen molar-refractivity contribution in [1.29, 1.82) is 0 Å². The van der Waals surface area contributed by atoms with Crippen LogP contribution < -0.4 is 11.1 Å². The third-order valence-electron chi connectivity index (χ3n) is 3.43. The molecule has 0 amide bonds. The summed E-state index contributed by atoms with van der Waals surface area (Å²) in [4.78, 5) is 0. The number of ether oxygens (including phenoxy) is 1. The molecule has 1 heterocycles. The number of nitrogens with one attached hydrogen (secondary N) is 1. The summed E-state index contributed by atoms with van der Waals surface area (Å²) in [6, 6.07) is 0. The molecule has 3 heteroatoms. The minimum Gasteiger partial charge on any atom is -0.372 e. The Morgan fingerprint density at radius 3 is 2.47 bits per heavy atom. The largest absolute Gasteiger partial charge is 0.372 e. The van der Waals surface area contributed by atoms with Crippen molar-refractivity contribution in [1.82, 2.24) is 5.32 Å². The molecule has 3 nitrogen and oxygen atoms in total. The van der Waals surface area contributed by atoms with Crippen molar-refractivity contribution in [3.8, 4) is 0 Å². The van der Waals surface area contributed by atoms with Gasteiger partial charge < -0.3 is 15.8 Å². The van der Waals surface area contributed by atoms with Gasteiger partial charge in [-0.15, -0.1) is 0 Å². The maximum absolute atomic E-state index is 5.77.